The van der Waals surface area contributed by atoms with E-state index in [4.69, 9.17) is 0 Å². The molecule has 3 nitrogen and oxygen atoms in total. The monoisotopic (exact) mass is 456 g/mol. The second-order valence-electron chi connectivity index (χ2n) is 13.5. The lowest BCUT2D eigenvalue weighted by molar-refractivity contribution is -0.134. The van der Waals surface area contributed by atoms with Crippen molar-refractivity contribution in [3.05, 3.63) is 0 Å². The van der Waals surface area contributed by atoms with E-state index in [-0.39, 0.29) is 0 Å². The molecule has 0 radical (unpaired) electrons. The first-order valence-corrected chi connectivity index (χ1v) is 15.1. The molecule has 3 aliphatic carbocycles. The highest BCUT2D eigenvalue weighted by molar-refractivity contribution is 5.81. The summed E-state index contributed by atoms with van der Waals surface area (Å²) in [5, 5.41) is 0. The van der Waals surface area contributed by atoms with Crippen molar-refractivity contribution in [2.45, 2.75) is 104 Å². The highest BCUT2D eigenvalue weighted by Crippen LogP contribution is 2.46. The Morgan fingerprint density at radius 2 is 1.48 bits per heavy atom. The van der Waals surface area contributed by atoms with Crippen molar-refractivity contribution in [1.82, 2.24) is 9.80 Å². The molecule has 0 aromatic carbocycles. The van der Waals surface area contributed by atoms with Crippen LogP contribution in [-0.4, -0.2) is 48.4 Å². The van der Waals surface area contributed by atoms with Crippen LogP contribution < -0.4 is 0 Å². The number of piperidine rings is 1. The molecule has 1 amide bonds. The molecular weight excluding hydrogens is 404 g/mol. The van der Waals surface area contributed by atoms with Crippen molar-refractivity contribution in [1.29, 1.82) is 0 Å². The summed E-state index contributed by atoms with van der Waals surface area (Å²) < 4.78 is 0. The van der Waals surface area contributed by atoms with Gasteiger partial charge in [-0.15, -0.1) is 0 Å². The number of hydrogen-bond acceptors (Lipinski definition) is 2. The number of likely N-dealkylation sites (tertiary alicyclic amines) is 2. The van der Waals surface area contributed by atoms with Gasteiger partial charge in [0.2, 0.25) is 5.91 Å². The maximum absolute atomic E-state index is 13.3. The van der Waals surface area contributed by atoms with Gasteiger partial charge in [0, 0.05) is 25.6 Å². The van der Waals surface area contributed by atoms with Gasteiger partial charge in [-0.3, -0.25) is 4.79 Å². The van der Waals surface area contributed by atoms with Crippen LogP contribution in [0.4, 0.5) is 0 Å². The molecule has 0 aromatic heterocycles. The fraction of sp³-hybridized carbons (Fsp3) is 0.967. The summed E-state index contributed by atoms with van der Waals surface area (Å²) >= 11 is 0. The van der Waals surface area contributed by atoms with Crippen molar-refractivity contribution in [3.8, 4) is 0 Å². The molecule has 3 saturated carbocycles. The van der Waals surface area contributed by atoms with E-state index in [0.717, 1.165) is 42.7 Å². The average molecular weight is 457 g/mol. The zero-order valence-electron chi connectivity index (χ0n) is 21.9. The van der Waals surface area contributed by atoms with Gasteiger partial charge in [0.25, 0.3) is 0 Å². The molecule has 5 aliphatic rings. The lowest BCUT2D eigenvalue weighted by atomic mass is 9.67. The van der Waals surface area contributed by atoms with Crippen LogP contribution >= 0.6 is 0 Å². The molecule has 0 spiro atoms. The van der Waals surface area contributed by atoms with E-state index < -0.39 is 0 Å². The highest BCUT2D eigenvalue weighted by Gasteiger charge is 2.47. The predicted molar refractivity (Wildman–Crippen MR) is 137 cm³/mol. The number of amides is 1. The fourth-order valence-corrected chi connectivity index (χ4v) is 9.03. The summed E-state index contributed by atoms with van der Waals surface area (Å²) in [6.45, 7) is 11.1. The summed E-state index contributed by atoms with van der Waals surface area (Å²) in [4.78, 5) is 18.4. The van der Waals surface area contributed by atoms with Crippen LogP contribution in [0.25, 0.3) is 0 Å². The number of carbonyl (C=O) groups excluding carboxylic acids is 1. The third-order valence-electron chi connectivity index (χ3n) is 10.7. The topological polar surface area (TPSA) is 23.6 Å². The van der Waals surface area contributed by atoms with E-state index in [2.05, 4.69) is 23.6 Å². The van der Waals surface area contributed by atoms with Crippen LogP contribution in [0.3, 0.4) is 0 Å². The van der Waals surface area contributed by atoms with Gasteiger partial charge in [-0.1, -0.05) is 46.0 Å². The van der Waals surface area contributed by atoms with Crippen molar-refractivity contribution in [2.75, 3.05) is 32.7 Å². The van der Waals surface area contributed by atoms with Crippen LogP contribution in [0.1, 0.15) is 104 Å². The van der Waals surface area contributed by atoms with E-state index in [1.54, 1.807) is 0 Å². The first-order valence-electron chi connectivity index (χ1n) is 15.1. The number of nitrogens with zero attached hydrogens (tertiary/aromatic N) is 2. The first kappa shape index (κ1) is 24.1. The second kappa shape index (κ2) is 11.0. The lowest BCUT2D eigenvalue weighted by Crippen LogP contribution is -2.39. The zero-order valence-corrected chi connectivity index (χ0v) is 21.9. The zero-order chi connectivity index (χ0) is 22.8. The lowest BCUT2D eigenvalue weighted by Gasteiger charge is -2.40. The van der Waals surface area contributed by atoms with Crippen molar-refractivity contribution in [3.63, 3.8) is 0 Å². The molecule has 6 atom stereocenters. The van der Waals surface area contributed by atoms with Gasteiger partial charge < -0.3 is 9.80 Å². The molecule has 0 N–H and O–H groups in total. The van der Waals surface area contributed by atoms with Gasteiger partial charge >= 0.3 is 0 Å². The van der Waals surface area contributed by atoms with E-state index in [1.165, 1.54) is 110 Å². The summed E-state index contributed by atoms with van der Waals surface area (Å²) in [5.74, 6) is 6.67. The average Bonchev–Trinajstić information content (AvgIpc) is 3.11. The normalized spacial score (nSPS) is 39.7. The van der Waals surface area contributed by atoms with E-state index in [9.17, 15) is 4.79 Å². The number of rotatable bonds is 6. The Kier molecular flexibility index (Phi) is 8.05. The minimum Gasteiger partial charge on any atom is -0.342 e. The van der Waals surface area contributed by atoms with Gasteiger partial charge in [-0.2, -0.15) is 0 Å². The molecule has 6 unspecified atom stereocenters. The van der Waals surface area contributed by atoms with Crippen molar-refractivity contribution < 1.29 is 4.79 Å². The summed E-state index contributed by atoms with van der Waals surface area (Å²) in [5.41, 5.74) is 0. The molecule has 2 saturated heterocycles. The molecular formula is C30H52N2O. The van der Waals surface area contributed by atoms with E-state index in [0.29, 0.717) is 23.7 Å². The Morgan fingerprint density at radius 3 is 2.24 bits per heavy atom. The Hall–Kier alpha value is -0.570. The minimum atomic E-state index is 0.351. The molecule has 188 valence electrons. The Bertz CT molecular complexity index is 635. The predicted octanol–water partition coefficient (Wildman–Crippen LogP) is 6.62. The molecule has 0 bridgehead atoms. The van der Waals surface area contributed by atoms with Crippen molar-refractivity contribution in [2.24, 2.45) is 47.3 Å². The first-order chi connectivity index (χ1) is 16.0. The maximum atomic E-state index is 13.3. The van der Waals surface area contributed by atoms with Gasteiger partial charge in [-0.25, -0.2) is 0 Å². The third-order valence-corrected chi connectivity index (χ3v) is 10.7. The maximum Gasteiger partial charge on any atom is 0.226 e. The smallest absolute Gasteiger partial charge is 0.226 e. The summed E-state index contributed by atoms with van der Waals surface area (Å²) in [7, 11) is 0. The quantitative estimate of drug-likeness (QED) is 0.448. The summed E-state index contributed by atoms with van der Waals surface area (Å²) in [6, 6.07) is 0. The summed E-state index contributed by atoms with van der Waals surface area (Å²) in [6.07, 6.45) is 19.7. The molecule has 2 heterocycles. The third kappa shape index (κ3) is 5.99. The Balaban J connectivity index is 1.07. The van der Waals surface area contributed by atoms with E-state index in [1.807, 2.05) is 0 Å². The molecule has 5 rings (SSSR count). The van der Waals surface area contributed by atoms with Gasteiger partial charge in [0.05, 0.1) is 0 Å². The number of fused-ring (bicyclic) bond motifs is 1. The van der Waals surface area contributed by atoms with E-state index >= 15 is 0 Å². The molecule has 5 fully saturated rings. The molecule has 2 aliphatic heterocycles. The van der Waals surface area contributed by atoms with Crippen LogP contribution in [-0.2, 0) is 4.79 Å². The fourth-order valence-electron chi connectivity index (χ4n) is 9.03. The van der Waals surface area contributed by atoms with Gasteiger partial charge in [-0.05, 0) is 112 Å². The second-order valence-corrected chi connectivity index (χ2v) is 13.5. The Morgan fingerprint density at radius 1 is 0.727 bits per heavy atom. The Labute approximate surface area is 204 Å². The van der Waals surface area contributed by atoms with Crippen LogP contribution in [0.2, 0.25) is 0 Å². The molecule has 33 heavy (non-hydrogen) atoms. The molecule has 0 aromatic rings. The minimum absolute atomic E-state index is 0.351. The SMILES string of the molecule is CC1CCCC(CN2CCC(CC3CC(C)C4C(=O)N(CC5CCCCC5)CC4C3)CC2)C1. The van der Waals surface area contributed by atoms with Crippen LogP contribution in [0.5, 0.6) is 0 Å². The van der Waals surface area contributed by atoms with Gasteiger partial charge in [0.15, 0.2) is 0 Å². The van der Waals surface area contributed by atoms with Crippen LogP contribution in [0, 0.1) is 47.3 Å². The number of carbonyl (C=O) groups is 1. The standard InChI is InChI=1S/C30H52N2O/c1-22-7-6-10-26(15-22)19-31-13-11-24(12-14-31)17-27-16-23(2)29-28(18-27)21-32(30(29)33)20-25-8-4-3-5-9-25/h22-29H,3-21H2,1-2H3. The van der Waals surface area contributed by atoms with Crippen LogP contribution in [0.15, 0.2) is 0 Å². The number of hydrogen-bond donors (Lipinski definition) is 0. The van der Waals surface area contributed by atoms with Gasteiger partial charge in [0.1, 0.15) is 0 Å². The highest BCUT2D eigenvalue weighted by atomic mass is 16.2. The van der Waals surface area contributed by atoms with Crippen molar-refractivity contribution >= 4 is 5.91 Å². The molecule has 3 heteroatoms. The largest absolute Gasteiger partial charge is 0.342 e.